The predicted molar refractivity (Wildman–Crippen MR) is 86.7 cm³/mol. The molecule has 25 heavy (non-hydrogen) atoms. The van der Waals surface area contributed by atoms with E-state index in [1.54, 1.807) is 19.1 Å². The molecule has 1 amide bonds. The van der Waals surface area contributed by atoms with Crippen molar-refractivity contribution >= 4 is 28.9 Å². The average molecular weight is 375 g/mol. The number of anilines is 2. The van der Waals surface area contributed by atoms with Gasteiger partial charge in [0.2, 0.25) is 11.8 Å². The topological polar surface area (TPSA) is 76.1 Å². The molecule has 0 radical (unpaired) electrons. The maximum Gasteiger partial charge on any atom is 0.422 e. The highest BCUT2D eigenvalue weighted by molar-refractivity contribution is 6.32. The molecule has 2 aromatic rings. The lowest BCUT2D eigenvalue weighted by Gasteiger charge is -2.15. The minimum atomic E-state index is -4.43. The quantitative estimate of drug-likeness (QED) is 0.757. The van der Waals surface area contributed by atoms with Crippen LogP contribution in [0.5, 0.6) is 5.88 Å². The van der Waals surface area contributed by atoms with E-state index >= 15 is 0 Å². The summed E-state index contributed by atoms with van der Waals surface area (Å²) in [5.74, 6) is -0.533. The number of nitrogens with one attached hydrogen (secondary N) is 2. The molecule has 134 valence electrons. The maximum absolute atomic E-state index is 12.1. The molecular formula is C15H14ClF3N4O2. The van der Waals surface area contributed by atoms with Gasteiger partial charge in [0.25, 0.3) is 0 Å². The number of pyridine rings is 2. The van der Waals surface area contributed by atoms with Crippen molar-refractivity contribution in [2.24, 2.45) is 0 Å². The first kappa shape index (κ1) is 18.8. The van der Waals surface area contributed by atoms with E-state index in [9.17, 15) is 18.0 Å². The molecular weight excluding hydrogens is 361 g/mol. The average Bonchev–Trinajstić information content (AvgIpc) is 2.55. The first-order valence-corrected chi connectivity index (χ1v) is 7.46. The van der Waals surface area contributed by atoms with Gasteiger partial charge in [-0.2, -0.15) is 13.2 Å². The van der Waals surface area contributed by atoms with E-state index in [-0.39, 0.29) is 16.9 Å². The minimum absolute atomic E-state index is 0.163. The molecule has 0 saturated carbocycles. The van der Waals surface area contributed by atoms with Gasteiger partial charge < -0.3 is 15.4 Å². The molecule has 0 aliphatic heterocycles. The zero-order valence-corrected chi connectivity index (χ0v) is 13.7. The second kappa shape index (κ2) is 8.02. The molecule has 0 spiro atoms. The van der Waals surface area contributed by atoms with Gasteiger partial charge in [0, 0.05) is 12.3 Å². The number of alkyl halides is 3. The SMILES string of the molecule is C[C@@H](Nc1ccc(OCC(F)(F)F)nc1)C(=O)Nc1cccnc1Cl. The number of aromatic nitrogens is 2. The number of carbonyl (C=O) groups excluding carboxylic acids is 1. The number of halogens is 4. The van der Waals surface area contributed by atoms with Crippen LogP contribution in [-0.2, 0) is 4.79 Å². The molecule has 10 heteroatoms. The summed E-state index contributed by atoms with van der Waals surface area (Å²) in [6.45, 7) is 0.186. The Bertz CT molecular complexity index is 725. The van der Waals surface area contributed by atoms with Crippen molar-refractivity contribution in [2.75, 3.05) is 17.2 Å². The summed E-state index contributed by atoms with van der Waals surface area (Å²) >= 11 is 5.86. The number of rotatable bonds is 6. The van der Waals surface area contributed by atoms with Crippen LogP contribution >= 0.6 is 11.6 Å². The van der Waals surface area contributed by atoms with Crippen molar-refractivity contribution in [1.82, 2.24) is 9.97 Å². The third kappa shape index (κ3) is 6.11. The third-order valence-corrected chi connectivity index (χ3v) is 3.21. The van der Waals surface area contributed by atoms with Crippen molar-refractivity contribution in [3.05, 3.63) is 41.8 Å². The van der Waals surface area contributed by atoms with E-state index in [2.05, 4.69) is 25.3 Å². The number of hydrogen-bond donors (Lipinski definition) is 2. The van der Waals surface area contributed by atoms with Gasteiger partial charge in [-0.05, 0) is 25.1 Å². The summed E-state index contributed by atoms with van der Waals surface area (Å²) in [4.78, 5) is 19.7. The Balaban J connectivity index is 1.90. The second-order valence-electron chi connectivity index (χ2n) is 4.99. The van der Waals surface area contributed by atoms with Gasteiger partial charge in [-0.25, -0.2) is 9.97 Å². The summed E-state index contributed by atoms with van der Waals surface area (Å²) in [7, 11) is 0. The zero-order valence-electron chi connectivity index (χ0n) is 13.0. The molecule has 0 saturated heterocycles. The van der Waals surface area contributed by atoms with E-state index in [1.807, 2.05) is 0 Å². The van der Waals surface area contributed by atoms with Gasteiger partial charge in [-0.3, -0.25) is 4.79 Å². The predicted octanol–water partition coefficient (Wildman–Crippen LogP) is 3.51. The smallest absolute Gasteiger partial charge is 0.422 e. The van der Waals surface area contributed by atoms with E-state index in [0.717, 1.165) is 0 Å². The molecule has 0 fully saturated rings. The highest BCUT2D eigenvalue weighted by atomic mass is 35.5. The lowest BCUT2D eigenvalue weighted by atomic mass is 10.2. The summed E-state index contributed by atoms with van der Waals surface area (Å²) in [6, 6.07) is 5.31. The molecule has 6 nitrogen and oxygen atoms in total. The van der Waals surface area contributed by atoms with Crippen molar-refractivity contribution in [1.29, 1.82) is 0 Å². The van der Waals surface area contributed by atoms with Crippen LogP contribution in [0.15, 0.2) is 36.7 Å². The van der Waals surface area contributed by atoms with Crippen molar-refractivity contribution in [3.63, 3.8) is 0 Å². The largest absolute Gasteiger partial charge is 0.468 e. The summed E-state index contributed by atoms with van der Waals surface area (Å²) in [5.41, 5.74) is 0.816. The molecule has 2 heterocycles. The fourth-order valence-electron chi connectivity index (χ4n) is 1.74. The van der Waals surface area contributed by atoms with E-state index in [4.69, 9.17) is 11.6 Å². The summed E-state index contributed by atoms with van der Waals surface area (Å²) in [6.07, 6.45) is -1.67. The lowest BCUT2D eigenvalue weighted by Crippen LogP contribution is -2.32. The van der Waals surface area contributed by atoms with Crippen LogP contribution in [0.2, 0.25) is 5.15 Å². The first-order valence-electron chi connectivity index (χ1n) is 7.08. The van der Waals surface area contributed by atoms with Crippen LogP contribution in [0, 0.1) is 0 Å². The fraction of sp³-hybridized carbons (Fsp3) is 0.267. The monoisotopic (exact) mass is 374 g/mol. The normalized spacial score (nSPS) is 12.4. The van der Waals surface area contributed by atoms with Gasteiger partial charge in [-0.15, -0.1) is 0 Å². The van der Waals surface area contributed by atoms with E-state index in [0.29, 0.717) is 11.4 Å². The van der Waals surface area contributed by atoms with Crippen LogP contribution in [0.4, 0.5) is 24.5 Å². The number of ether oxygens (including phenoxy) is 1. The molecule has 0 aromatic carbocycles. The highest BCUT2D eigenvalue weighted by Crippen LogP contribution is 2.20. The van der Waals surface area contributed by atoms with Crippen LogP contribution < -0.4 is 15.4 Å². The first-order chi connectivity index (χ1) is 11.7. The second-order valence-corrected chi connectivity index (χ2v) is 5.34. The Morgan fingerprint density at radius 1 is 1.32 bits per heavy atom. The van der Waals surface area contributed by atoms with Crippen LogP contribution in [0.3, 0.4) is 0 Å². The lowest BCUT2D eigenvalue weighted by molar-refractivity contribution is -0.154. The maximum atomic E-state index is 12.1. The molecule has 2 aromatic heterocycles. The molecule has 2 rings (SSSR count). The van der Waals surface area contributed by atoms with Gasteiger partial charge in [0.05, 0.1) is 17.6 Å². The highest BCUT2D eigenvalue weighted by Gasteiger charge is 2.28. The Kier molecular flexibility index (Phi) is 6.02. The Morgan fingerprint density at radius 2 is 2.08 bits per heavy atom. The zero-order chi connectivity index (χ0) is 18.4. The van der Waals surface area contributed by atoms with Crippen molar-refractivity contribution in [3.8, 4) is 5.88 Å². The van der Waals surface area contributed by atoms with Gasteiger partial charge >= 0.3 is 6.18 Å². The van der Waals surface area contributed by atoms with Crippen LogP contribution in [-0.4, -0.2) is 34.7 Å². The van der Waals surface area contributed by atoms with Crippen LogP contribution in [0.25, 0.3) is 0 Å². The van der Waals surface area contributed by atoms with E-state index < -0.39 is 18.8 Å². The summed E-state index contributed by atoms with van der Waals surface area (Å²) in [5, 5.41) is 5.64. The Morgan fingerprint density at radius 3 is 2.68 bits per heavy atom. The number of nitrogens with zero attached hydrogens (tertiary/aromatic N) is 2. The minimum Gasteiger partial charge on any atom is -0.468 e. The molecule has 0 aliphatic carbocycles. The van der Waals surface area contributed by atoms with E-state index in [1.165, 1.54) is 24.5 Å². The number of hydrogen-bond acceptors (Lipinski definition) is 5. The Labute approximate surface area is 146 Å². The molecule has 0 aliphatic rings. The van der Waals surface area contributed by atoms with Crippen molar-refractivity contribution in [2.45, 2.75) is 19.1 Å². The molecule has 0 bridgehead atoms. The standard InChI is InChI=1S/C15H14ClF3N4O2/c1-9(14(24)23-11-3-2-6-20-13(11)16)22-10-4-5-12(21-7-10)25-8-15(17,18)19/h2-7,9,22H,8H2,1H3,(H,23,24)/t9-/m1/s1. The number of carbonyl (C=O) groups is 1. The summed E-state index contributed by atoms with van der Waals surface area (Å²) < 4.78 is 40.7. The molecule has 1 atom stereocenters. The van der Waals surface area contributed by atoms with Gasteiger partial charge in [0.1, 0.15) is 6.04 Å². The van der Waals surface area contributed by atoms with Gasteiger partial charge in [0.15, 0.2) is 11.8 Å². The van der Waals surface area contributed by atoms with Gasteiger partial charge in [-0.1, -0.05) is 11.6 Å². The third-order valence-electron chi connectivity index (χ3n) is 2.91. The van der Waals surface area contributed by atoms with Crippen LogP contribution in [0.1, 0.15) is 6.92 Å². The van der Waals surface area contributed by atoms with Crippen molar-refractivity contribution < 1.29 is 22.7 Å². The fourth-order valence-corrected chi connectivity index (χ4v) is 1.91. The number of amides is 1. The molecule has 0 unspecified atom stereocenters. The Hall–Kier alpha value is -2.55. The molecule has 2 N–H and O–H groups in total.